The lowest BCUT2D eigenvalue weighted by atomic mass is 10.2. The fourth-order valence-corrected chi connectivity index (χ4v) is 4.29. The van der Waals surface area contributed by atoms with Gasteiger partial charge in [0.2, 0.25) is 0 Å². The summed E-state index contributed by atoms with van der Waals surface area (Å²) in [6, 6.07) is 21.4. The third kappa shape index (κ3) is 4.05. The summed E-state index contributed by atoms with van der Waals surface area (Å²) in [5, 5.41) is 3.75. The van der Waals surface area contributed by atoms with Crippen molar-refractivity contribution in [1.29, 1.82) is 0 Å². The van der Waals surface area contributed by atoms with Crippen molar-refractivity contribution in [2.45, 2.75) is 31.9 Å². The monoisotopic (exact) mass is 269 g/mol. The molecule has 1 unspecified atom stereocenters. The second kappa shape index (κ2) is 6.18. The fraction of sp³-hybridized carbons (Fsp3) is 0.294. The molecule has 0 bridgehead atoms. The Morgan fingerprint density at radius 1 is 0.842 bits per heavy atom. The third-order valence-corrected chi connectivity index (χ3v) is 5.62. The quantitative estimate of drug-likeness (QED) is 0.794. The lowest BCUT2D eigenvalue weighted by molar-refractivity contribution is 0.648. The van der Waals surface area contributed by atoms with Crippen molar-refractivity contribution in [3.05, 3.63) is 71.8 Å². The smallest absolute Gasteiger partial charge is 0.0691 e. The Balaban J connectivity index is 2.12. The average Bonchev–Trinajstić information content (AvgIpc) is 2.40. The predicted molar refractivity (Wildman–Crippen MR) is 85.8 cm³/mol. The molecule has 2 heteroatoms. The third-order valence-electron chi connectivity index (χ3n) is 3.35. The van der Waals surface area contributed by atoms with Crippen molar-refractivity contribution in [2.24, 2.45) is 0 Å². The summed E-state index contributed by atoms with van der Waals surface area (Å²) < 4.78 is 0. The maximum absolute atomic E-state index is 3.75. The van der Waals surface area contributed by atoms with Crippen LogP contribution in [0, 0.1) is 0 Å². The lowest BCUT2D eigenvalue weighted by Crippen LogP contribution is -2.40. The largest absolute Gasteiger partial charge is 0.309 e. The molecule has 19 heavy (non-hydrogen) atoms. The summed E-state index contributed by atoms with van der Waals surface area (Å²) in [6.45, 7) is 8.19. The zero-order chi connectivity index (χ0) is 13.7. The number of benzene rings is 2. The van der Waals surface area contributed by atoms with E-state index in [1.165, 1.54) is 11.1 Å². The molecule has 0 fully saturated rings. The zero-order valence-corrected chi connectivity index (χ0v) is 13.1. The standard InChI is InChI=1S/C17H23NSi/c1-19(2,3)17(16-12-8-5-9-13-16)18-14-15-10-6-4-7-11-15/h4-13,17-18H,14H2,1-3H3. The van der Waals surface area contributed by atoms with Crippen molar-refractivity contribution in [1.82, 2.24) is 5.32 Å². The zero-order valence-electron chi connectivity index (χ0n) is 12.1. The average molecular weight is 269 g/mol. The van der Waals surface area contributed by atoms with E-state index in [-0.39, 0.29) is 0 Å². The van der Waals surface area contributed by atoms with Crippen LogP contribution in [-0.4, -0.2) is 8.07 Å². The van der Waals surface area contributed by atoms with Gasteiger partial charge in [0.05, 0.1) is 8.07 Å². The van der Waals surface area contributed by atoms with E-state index in [4.69, 9.17) is 0 Å². The van der Waals surface area contributed by atoms with E-state index in [1.54, 1.807) is 0 Å². The SMILES string of the molecule is C[Si](C)(C)C(NCc1ccccc1)c1ccccc1. The van der Waals surface area contributed by atoms with Crippen molar-refractivity contribution < 1.29 is 0 Å². The van der Waals surface area contributed by atoms with Gasteiger partial charge in [-0.15, -0.1) is 0 Å². The van der Waals surface area contributed by atoms with Gasteiger partial charge in [-0.3, -0.25) is 0 Å². The van der Waals surface area contributed by atoms with Gasteiger partial charge in [-0.25, -0.2) is 0 Å². The van der Waals surface area contributed by atoms with E-state index in [0.29, 0.717) is 5.67 Å². The highest BCUT2D eigenvalue weighted by molar-refractivity contribution is 6.77. The fourth-order valence-electron chi connectivity index (χ4n) is 2.39. The minimum atomic E-state index is -1.29. The molecule has 0 saturated heterocycles. The molecule has 1 atom stereocenters. The Bertz CT molecular complexity index is 488. The van der Waals surface area contributed by atoms with E-state index in [2.05, 4.69) is 85.6 Å². The Kier molecular flexibility index (Phi) is 4.56. The van der Waals surface area contributed by atoms with Gasteiger partial charge in [0, 0.05) is 12.2 Å². The summed E-state index contributed by atoms with van der Waals surface area (Å²) in [6.07, 6.45) is 0. The van der Waals surface area contributed by atoms with Crippen LogP contribution in [0.25, 0.3) is 0 Å². The Morgan fingerprint density at radius 3 is 1.89 bits per heavy atom. The first-order valence-corrected chi connectivity index (χ1v) is 10.5. The summed E-state index contributed by atoms with van der Waals surface area (Å²) in [7, 11) is -1.29. The maximum Gasteiger partial charge on any atom is 0.0691 e. The summed E-state index contributed by atoms with van der Waals surface area (Å²) in [4.78, 5) is 0. The highest BCUT2D eigenvalue weighted by Crippen LogP contribution is 2.24. The molecule has 1 nitrogen and oxygen atoms in total. The molecule has 0 aliphatic rings. The van der Waals surface area contributed by atoms with Crippen molar-refractivity contribution in [2.75, 3.05) is 0 Å². The molecule has 0 aromatic heterocycles. The molecule has 0 radical (unpaired) electrons. The molecule has 0 heterocycles. The van der Waals surface area contributed by atoms with Gasteiger partial charge in [0.15, 0.2) is 0 Å². The predicted octanol–water partition coefficient (Wildman–Crippen LogP) is 4.39. The van der Waals surface area contributed by atoms with Gasteiger partial charge >= 0.3 is 0 Å². The van der Waals surface area contributed by atoms with Crippen LogP contribution in [0.3, 0.4) is 0 Å². The van der Waals surface area contributed by atoms with Gasteiger partial charge in [0.25, 0.3) is 0 Å². The van der Waals surface area contributed by atoms with Crippen molar-refractivity contribution in [3.8, 4) is 0 Å². The highest BCUT2D eigenvalue weighted by Gasteiger charge is 2.27. The Morgan fingerprint density at radius 2 is 1.37 bits per heavy atom. The van der Waals surface area contributed by atoms with Gasteiger partial charge < -0.3 is 5.32 Å². The van der Waals surface area contributed by atoms with E-state index in [0.717, 1.165) is 6.54 Å². The molecule has 1 N–H and O–H groups in total. The highest BCUT2D eigenvalue weighted by atomic mass is 28.3. The topological polar surface area (TPSA) is 12.0 Å². The van der Waals surface area contributed by atoms with Crippen LogP contribution in [0.5, 0.6) is 0 Å². The van der Waals surface area contributed by atoms with Crippen LogP contribution in [0.15, 0.2) is 60.7 Å². The molecule has 0 spiro atoms. The van der Waals surface area contributed by atoms with E-state index in [1.807, 2.05) is 0 Å². The molecule has 2 rings (SSSR count). The second-order valence-electron chi connectivity index (χ2n) is 6.08. The van der Waals surface area contributed by atoms with Gasteiger partial charge in [0.1, 0.15) is 0 Å². The molecule has 100 valence electrons. The van der Waals surface area contributed by atoms with Gasteiger partial charge in [-0.1, -0.05) is 80.3 Å². The summed E-state index contributed by atoms with van der Waals surface area (Å²) in [5.41, 5.74) is 3.26. The molecule has 0 saturated carbocycles. The van der Waals surface area contributed by atoms with Crippen molar-refractivity contribution >= 4 is 8.07 Å². The van der Waals surface area contributed by atoms with Crippen LogP contribution in [-0.2, 0) is 6.54 Å². The maximum atomic E-state index is 3.75. The number of hydrogen-bond donors (Lipinski definition) is 1. The van der Waals surface area contributed by atoms with E-state index in [9.17, 15) is 0 Å². The van der Waals surface area contributed by atoms with Crippen LogP contribution >= 0.6 is 0 Å². The lowest BCUT2D eigenvalue weighted by Gasteiger charge is -2.30. The first-order valence-electron chi connectivity index (χ1n) is 6.89. The summed E-state index contributed by atoms with van der Waals surface area (Å²) in [5.74, 6) is 0. The Hall–Kier alpha value is -1.38. The van der Waals surface area contributed by atoms with Gasteiger partial charge in [-0.05, 0) is 11.1 Å². The molecular weight excluding hydrogens is 246 g/mol. The number of nitrogens with one attached hydrogen (secondary N) is 1. The number of rotatable bonds is 5. The molecule has 2 aromatic carbocycles. The summed E-state index contributed by atoms with van der Waals surface area (Å²) >= 11 is 0. The molecular formula is C17H23NSi. The van der Waals surface area contributed by atoms with Crippen LogP contribution < -0.4 is 5.32 Å². The van der Waals surface area contributed by atoms with Crippen LogP contribution in [0.1, 0.15) is 16.8 Å². The Labute approximate surface area is 117 Å². The van der Waals surface area contributed by atoms with E-state index >= 15 is 0 Å². The van der Waals surface area contributed by atoms with Crippen LogP contribution in [0.2, 0.25) is 19.6 Å². The minimum absolute atomic E-state index is 0.494. The number of hydrogen-bond acceptors (Lipinski definition) is 1. The van der Waals surface area contributed by atoms with E-state index < -0.39 is 8.07 Å². The molecule has 0 aliphatic carbocycles. The first-order chi connectivity index (χ1) is 9.07. The normalized spacial score (nSPS) is 13.2. The van der Waals surface area contributed by atoms with Crippen molar-refractivity contribution in [3.63, 3.8) is 0 Å². The van der Waals surface area contributed by atoms with Crippen LogP contribution in [0.4, 0.5) is 0 Å². The second-order valence-corrected chi connectivity index (χ2v) is 11.4. The molecule has 0 amide bonds. The van der Waals surface area contributed by atoms with Gasteiger partial charge in [-0.2, -0.15) is 0 Å². The molecule has 0 aliphatic heterocycles. The minimum Gasteiger partial charge on any atom is -0.309 e. The first kappa shape index (κ1) is 14.0. The molecule has 2 aromatic rings.